The van der Waals surface area contributed by atoms with Gasteiger partial charge >= 0.3 is 6.09 Å². The van der Waals surface area contributed by atoms with Gasteiger partial charge in [-0.15, -0.1) is 0 Å². The monoisotopic (exact) mass is 518 g/mol. The molecule has 9 heteroatoms. The van der Waals surface area contributed by atoms with Crippen LogP contribution in [0.5, 0.6) is 0 Å². The predicted octanol–water partition coefficient (Wildman–Crippen LogP) is 6.32. The van der Waals surface area contributed by atoms with Crippen LogP contribution in [0.1, 0.15) is 58.3 Å². The minimum atomic E-state index is -1.23. The van der Waals surface area contributed by atoms with Crippen LogP contribution < -0.4 is 0 Å². The first-order valence-electron chi connectivity index (χ1n) is 13.1. The number of carbonyl (C=O) groups is 1. The van der Waals surface area contributed by atoms with Crippen molar-refractivity contribution in [1.29, 1.82) is 0 Å². The number of imidazole rings is 1. The van der Waals surface area contributed by atoms with Gasteiger partial charge in [-0.1, -0.05) is 33.5 Å². The third-order valence-electron chi connectivity index (χ3n) is 6.50. The van der Waals surface area contributed by atoms with Crippen LogP contribution in [-0.4, -0.2) is 58.9 Å². The third kappa shape index (κ3) is 7.38. The van der Waals surface area contributed by atoms with Crippen molar-refractivity contribution in [2.45, 2.75) is 91.4 Å². The highest BCUT2D eigenvalue weighted by Crippen LogP contribution is 2.37. The molecule has 1 aliphatic heterocycles. The van der Waals surface area contributed by atoms with E-state index in [0.29, 0.717) is 37.9 Å². The van der Waals surface area contributed by atoms with Crippen molar-refractivity contribution in [1.82, 2.24) is 19.4 Å². The Morgan fingerprint density at radius 2 is 1.97 bits per heavy atom. The summed E-state index contributed by atoms with van der Waals surface area (Å²) in [7, 11) is -1.23. The van der Waals surface area contributed by atoms with Gasteiger partial charge in [0.05, 0.1) is 11.9 Å². The quantitative estimate of drug-likeness (QED) is 0.302. The normalized spacial score (nSPS) is 19.0. The van der Waals surface area contributed by atoms with Gasteiger partial charge in [-0.3, -0.25) is 0 Å². The van der Waals surface area contributed by atoms with Crippen molar-refractivity contribution >= 4 is 14.2 Å². The lowest BCUT2D eigenvalue weighted by Gasteiger charge is -2.38. The minimum absolute atomic E-state index is 0.209. The van der Waals surface area contributed by atoms with Crippen LogP contribution in [0.4, 0.5) is 9.18 Å². The van der Waals surface area contributed by atoms with E-state index in [1.54, 1.807) is 6.07 Å². The van der Waals surface area contributed by atoms with Gasteiger partial charge in [0.2, 0.25) is 0 Å². The summed E-state index contributed by atoms with van der Waals surface area (Å²) in [6.07, 6.45) is 2.55. The van der Waals surface area contributed by atoms with E-state index in [0.717, 1.165) is 30.3 Å². The molecule has 0 bridgehead atoms. The average Bonchev–Trinajstić information content (AvgIpc) is 3.13. The van der Waals surface area contributed by atoms with Crippen molar-refractivity contribution < 1.29 is 18.7 Å². The highest BCUT2D eigenvalue weighted by molar-refractivity contribution is 6.76. The number of halogens is 1. The van der Waals surface area contributed by atoms with Crippen LogP contribution in [0.25, 0.3) is 11.5 Å². The number of aryl methyl sites for hydroxylation is 1. The smallest absolute Gasteiger partial charge is 0.410 e. The molecule has 1 fully saturated rings. The second-order valence-electron chi connectivity index (χ2n) is 12.1. The molecule has 2 atom stereocenters. The topological polar surface area (TPSA) is 69.5 Å². The molecule has 1 amide bonds. The molecule has 36 heavy (non-hydrogen) atoms. The van der Waals surface area contributed by atoms with Gasteiger partial charge in [0, 0.05) is 39.4 Å². The van der Waals surface area contributed by atoms with Crippen molar-refractivity contribution in [3.8, 4) is 11.5 Å². The summed E-state index contributed by atoms with van der Waals surface area (Å²) < 4.78 is 27.5. The van der Waals surface area contributed by atoms with E-state index in [-0.39, 0.29) is 23.7 Å². The molecule has 1 aliphatic rings. The van der Waals surface area contributed by atoms with Gasteiger partial charge in [0.25, 0.3) is 0 Å². The highest BCUT2D eigenvalue weighted by atomic mass is 28.3. The first-order valence-corrected chi connectivity index (χ1v) is 16.8. The predicted molar refractivity (Wildman–Crippen MR) is 143 cm³/mol. The van der Waals surface area contributed by atoms with Crippen LogP contribution in [0, 0.1) is 11.7 Å². The second-order valence-corrected chi connectivity index (χ2v) is 17.7. The molecule has 0 N–H and O–H groups in total. The standard InChI is InChI=1S/C27H43FN4O3Si/c1-9-22-24(21-12-13-31(17-19(21)2)26(33)35-27(3,4)5)32(18-34-14-15-36(6,7)8)25(30-22)23-11-10-20(28)16-29-23/h10-11,16,19,21H,9,12-15,17-18H2,1-8H3. The molecule has 0 radical (unpaired) electrons. The molecule has 2 aromatic rings. The number of pyridine rings is 1. The summed E-state index contributed by atoms with van der Waals surface area (Å²) in [5.74, 6) is 0.753. The van der Waals surface area contributed by atoms with Crippen molar-refractivity contribution in [2.24, 2.45) is 5.92 Å². The molecule has 0 aliphatic carbocycles. The van der Waals surface area contributed by atoms with Gasteiger partial charge in [-0.05, 0) is 57.7 Å². The zero-order valence-corrected chi connectivity index (χ0v) is 24.2. The number of carbonyl (C=O) groups excluding carboxylic acids is 1. The number of aromatic nitrogens is 3. The Kier molecular flexibility index (Phi) is 8.98. The van der Waals surface area contributed by atoms with E-state index >= 15 is 0 Å². The Hall–Kier alpha value is -2.26. The number of hydrogen-bond donors (Lipinski definition) is 0. The molecular weight excluding hydrogens is 475 g/mol. The fraction of sp³-hybridized carbons (Fsp3) is 0.667. The Bertz CT molecular complexity index is 1030. The first-order chi connectivity index (χ1) is 16.8. The zero-order chi connectivity index (χ0) is 26.7. The number of likely N-dealkylation sites (tertiary alicyclic amines) is 1. The van der Waals surface area contributed by atoms with Gasteiger partial charge in [0.1, 0.15) is 23.8 Å². The Labute approximate surface area is 216 Å². The van der Waals surface area contributed by atoms with Crippen LogP contribution in [0.3, 0.4) is 0 Å². The molecule has 2 aromatic heterocycles. The molecule has 1 saturated heterocycles. The van der Waals surface area contributed by atoms with E-state index in [2.05, 4.69) is 43.0 Å². The summed E-state index contributed by atoms with van der Waals surface area (Å²) in [4.78, 5) is 23.8. The summed E-state index contributed by atoms with van der Waals surface area (Å²) in [5.41, 5.74) is 2.26. The van der Waals surface area contributed by atoms with E-state index in [9.17, 15) is 9.18 Å². The van der Waals surface area contributed by atoms with E-state index in [1.807, 2.05) is 25.7 Å². The van der Waals surface area contributed by atoms with Crippen LogP contribution in [-0.2, 0) is 22.6 Å². The first kappa shape index (κ1) is 28.3. The van der Waals surface area contributed by atoms with E-state index in [4.69, 9.17) is 14.5 Å². The van der Waals surface area contributed by atoms with Crippen LogP contribution >= 0.6 is 0 Å². The lowest BCUT2D eigenvalue weighted by atomic mass is 9.83. The van der Waals surface area contributed by atoms with Crippen molar-refractivity contribution in [3.05, 3.63) is 35.5 Å². The second kappa shape index (κ2) is 11.4. The maximum absolute atomic E-state index is 13.6. The number of rotatable bonds is 8. The zero-order valence-electron chi connectivity index (χ0n) is 23.2. The number of amides is 1. The maximum atomic E-state index is 13.6. The van der Waals surface area contributed by atoms with Gasteiger partial charge in [-0.25, -0.2) is 19.2 Å². The lowest BCUT2D eigenvalue weighted by Crippen LogP contribution is -2.45. The molecule has 0 spiro atoms. The molecule has 3 heterocycles. The Balaban J connectivity index is 1.91. The van der Waals surface area contributed by atoms with E-state index < -0.39 is 13.7 Å². The van der Waals surface area contributed by atoms with Gasteiger partial charge in [0.15, 0.2) is 5.82 Å². The fourth-order valence-electron chi connectivity index (χ4n) is 4.60. The molecule has 200 valence electrons. The fourth-order valence-corrected chi connectivity index (χ4v) is 5.36. The number of piperidine rings is 1. The lowest BCUT2D eigenvalue weighted by molar-refractivity contribution is 0.0147. The largest absolute Gasteiger partial charge is 0.444 e. The summed E-state index contributed by atoms with van der Waals surface area (Å²) in [6.45, 7) is 19.3. The highest BCUT2D eigenvalue weighted by Gasteiger charge is 2.36. The minimum Gasteiger partial charge on any atom is -0.444 e. The molecule has 0 aromatic carbocycles. The molecule has 2 unspecified atom stereocenters. The van der Waals surface area contributed by atoms with Crippen molar-refractivity contribution in [3.63, 3.8) is 0 Å². The Morgan fingerprint density at radius 3 is 2.53 bits per heavy atom. The number of hydrogen-bond acceptors (Lipinski definition) is 5. The van der Waals surface area contributed by atoms with Crippen LogP contribution in [0.15, 0.2) is 18.3 Å². The number of nitrogens with zero attached hydrogens (tertiary/aromatic N) is 4. The summed E-state index contributed by atoms with van der Waals surface area (Å²) >= 11 is 0. The molecular formula is C27H43FN4O3Si. The maximum Gasteiger partial charge on any atom is 0.410 e. The Morgan fingerprint density at radius 1 is 1.25 bits per heavy atom. The average molecular weight is 519 g/mol. The summed E-state index contributed by atoms with van der Waals surface area (Å²) in [5, 5.41) is 0. The SMILES string of the molecule is CCc1nc(-c2ccc(F)cn2)n(COCC[Si](C)(C)C)c1C1CCN(C(=O)OC(C)(C)C)CC1C. The van der Waals surface area contributed by atoms with Crippen LogP contribution in [0.2, 0.25) is 25.7 Å². The molecule has 3 rings (SSSR count). The van der Waals surface area contributed by atoms with Crippen molar-refractivity contribution in [2.75, 3.05) is 19.7 Å². The van der Waals surface area contributed by atoms with E-state index in [1.165, 1.54) is 12.3 Å². The molecule has 7 nitrogen and oxygen atoms in total. The van der Waals surface area contributed by atoms with Gasteiger partial charge < -0.3 is 18.9 Å². The third-order valence-corrected chi connectivity index (χ3v) is 8.20. The molecule has 0 saturated carbocycles. The van der Waals surface area contributed by atoms with Gasteiger partial charge in [-0.2, -0.15) is 0 Å². The number of ether oxygens (including phenoxy) is 2. The summed E-state index contributed by atoms with van der Waals surface area (Å²) in [6, 6.07) is 4.17.